The number of benzene rings is 1. The maximum absolute atomic E-state index is 10.7. The molecule has 15 heavy (non-hydrogen) atoms. The first kappa shape index (κ1) is 10.5. The molecule has 0 saturated carbocycles. The molecule has 1 aromatic carbocycles. The second-order valence-corrected chi connectivity index (χ2v) is 4.96. The molecule has 1 unspecified atom stereocenters. The number of hydrogen-bond acceptors (Lipinski definition) is 3. The lowest BCUT2D eigenvalue weighted by Gasteiger charge is -2.07. The number of nitrogens with one attached hydrogen (secondary N) is 1. The fourth-order valence-corrected chi connectivity index (χ4v) is 2.84. The van der Waals surface area contributed by atoms with Gasteiger partial charge >= 0.3 is 5.97 Å². The van der Waals surface area contributed by atoms with E-state index in [1.165, 1.54) is 4.90 Å². The standard InChI is InChI=1S/C11H13NO2S/c13-11(14)10-6-9(7-12-10)15-8-4-2-1-3-5-8/h1-5,9-10,12H,6-7H2,(H,13,14)/t9?,10-/m1/s1. The van der Waals surface area contributed by atoms with Gasteiger partial charge in [0, 0.05) is 16.7 Å². The van der Waals surface area contributed by atoms with Gasteiger partial charge in [0.05, 0.1) is 0 Å². The second-order valence-electron chi connectivity index (χ2n) is 3.59. The lowest BCUT2D eigenvalue weighted by molar-refractivity contribution is -0.139. The van der Waals surface area contributed by atoms with E-state index >= 15 is 0 Å². The summed E-state index contributed by atoms with van der Waals surface area (Å²) in [5.74, 6) is -0.744. The molecule has 3 nitrogen and oxygen atoms in total. The molecule has 2 N–H and O–H groups in total. The van der Waals surface area contributed by atoms with Crippen molar-refractivity contribution >= 4 is 17.7 Å². The van der Waals surface area contributed by atoms with Crippen molar-refractivity contribution in [2.45, 2.75) is 22.6 Å². The van der Waals surface area contributed by atoms with Crippen LogP contribution in [0.3, 0.4) is 0 Å². The molecule has 1 aliphatic rings. The number of aliphatic carboxylic acids is 1. The van der Waals surface area contributed by atoms with E-state index in [0.717, 1.165) is 6.54 Å². The van der Waals surface area contributed by atoms with Gasteiger partial charge in [-0.1, -0.05) is 18.2 Å². The first-order valence-corrected chi connectivity index (χ1v) is 5.81. The van der Waals surface area contributed by atoms with Crippen molar-refractivity contribution in [3.63, 3.8) is 0 Å². The fraction of sp³-hybridized carbons (Fsp3) is 0.364. The van der Waals surface area contributed by atoms with Crippen LogP contribution in [0.2, 0.25) is 0 Å². The molecule has 2 rings (SSSR count). The fourth-order valence-electron chi connectivity index (χ4n) is 1.67. The van der Waals surface area contributed by atoms with Gasteiger partial charge in [0.25, 0.3) is 0 Å². The monoisotopic (exact) mass is 223 g/mol. The minimum Gasteiger partial charge on any atom is -0.480 e. The second kappa shape index (κ2) is 4.68. The highest BCUT2D eigenvalue weighted by atomic mass is 32.2. The third-order valence-corrected chi connectivity index (χ3v) is 3.67. The van der Waals surface area contributed by atoms with Crippen LogP contribution in [0.4, 0.5) is 0 Å². The zero-order valence-corrected chi connectivity index (χ0v) is 9.04. The number of carboxylic acid groups (broad SMARTS) is 1. The van der Waals surface area contributed by atoms with E-state index in [2.05, 4.69) is 17.4 Å². The average molecular weight is 223 g/mol. The maximum atomic E-state index is 10.7. The molecule has 4 heteroatoms. The molecule has 1 aliphatic heterocycles. The summed E-state index contributed by atoms with van der Waals surface area (Å²) in [4.78, 5) is 11.9. The zero-order chi connectivity index (χ0) is 10.7. The maximum Gasteiger partial charge on any atom is 0.320 e. The molecule has 0 amide bonds. The van der Waals surface area contributed by atoms with E-state index in [9.17, 15) is 4.79 Å². The topological polar surface area (TPSA) is 49.3 Å². The van der Waals surface area contributed by atoms with Crippen LogP contribution < -0.4 is 5.32 Å². The van der Waals surface area contributed by atoms with Gasteiger partial charge < -0.3 is 10.4 Å². The average Bonchev–Trinajstić information content (AvgIpc) is 2.68. The lowest BCUT2D eigenvalue weighted by atomic mass is 10.2. The van der Waals surface area contributed by atoms with Gasteiger partial charge in [-0.3, -0.25) is 4.79 Å². The summed E-state index contributed by atoms with van der Waals surface area (Å²) < 4.78 is 0. The molecule has 1 aromatic rings. The Balaban J connectivity index is 1.90. The Morgan fingerprint density at radius 1 is 1.40 bits per heavy atom. The number of rotatable bonds is 3. The summed E-state index contributed by atoms with van der Waals surface area (Å²) >= 11 is 1.75. The van der Waals surface area contributed by atoms with Crippen LogP contribution in [0.25, 0.3) is 0 Å². The highest BCUT2D eigenvalue weighted by Gasteiger charge is 2.29. The van der Waals surface area contributed by atoms with Crippen LogP contribution in [0.1, 0.15) is 6.42 Å². The molecule has 0 radical (unpaired) electrons. The lowest BCUT2D eigenvalue weighted by Crippen LogP contribution is -2.29. The Morgan fingerprint density at radius 2 is 2.13 bits per heavy atom. The zero-order valence-electron chi connectivity index (χ0n) is 8.22. The van der Waals surface area contributed by atoms with Crippen LogP contribution in [-0.4, -0.2) is 28.9 Å². The molecular weight excluding hydrogens is 210 g/mol. The predicted octanol–water partition coefficient (Wildman–Crippen LogP) is 1.59. The first-order valence-electron chi connectivity index (χ1n) is 4.93. The SMILES string of the molecule is O=C(O)[C@H]1CC(Sc2ccccc2)CN1. The summed E-state index contributed by atoms with van der Waals surface area (Å²) in [6.45, 7) is 0.774. The number of carboxylic acids is 1. The molecule has 0 aromatic heterocycles. The van der Waals surface area contributed by atoms with Gasteiger partial charge in [-0.05, 0) is 18.6 Å². The molecule has 0 spiro atoms. The summed E-state index contributed by atoms with van der Waals surface area (Å²) in [6.07, 6.45) is 0.703. The molecule has 2 atom stereocenters. The third kappa shape index (κ3) is 2.73. The molecule has 0 bridgehead atoms. The number of carbonyl (C=O) groups is 1. The Morgan fingerprint density at radius 3 is 2.73 bits per heavy atom. The van der Waals surface area contributed by atoms with Crippen LogP contribution in [0.5, 0.6) is 0 Å². The number of thioether (sulfide) groups is 1. The predicted molar refractivity (Wildman–Crippen MR) is 60.1 cm³/mol. The van der Waals surface area contributed by atoms with Crippen LogP contribution in [-0.2, 0) is 4.79 Å². The molecule has 80 valence electrons. The van der Waals surface area contributed by atoms with Gasteiger partial charge in [0.15, 0.2) is 0 Å². The minimum atomic E-state index is -0.744. The Bertz CT molecular complexity index is 342. The highest BCUT2D eigenvalue weighted by molar-refractivity contribution is 8.00. The minimum absolute atomic E-state index is 0.369. The number of hydrogen-bond donors (Lipinski definition) is 2. The summed E-state index contributed by atoms with van der Waals surface area (Å²) in [7, 11) is 0. The summed E-state index contributed by atoms with van der Waals surface area (Å²) in [5.41, 5.74) is 0. The van der Waals surface area contributed by atoms with Crippen molar-refractivity contribution < 1.29 is 9.90 Å². The molecule has 1 saturated heterocycles. The normalized spacial score (nSPS) is 25.3. The van der Waals surface area contributed by atoms with Crippen molar-refractivity contribution in [3.8, 4) is 0 Å². The third-order valence-electron chi connectivity index (χ3n) is 2.43. The molecule has 0 aliphatic carbocycles. The smallest absolute Gasteiger partial charge is 0.320 e. The van der Waals surface area contributed by atoms with Gasteiger partial charge in [-0.15, -0.1) is 11.8 Å². The van der Waals surface area contributed by atoms with E-state index in [-0.39, 0.29) is 6.04 Å². The van der Waals surface area contributed by atoms with Gasteiger partial charge in [-0.2, -0.15) is 0 Å². The van der Waals surface area contributed by atoms with Crippen molar-refractivity contribution in [2.24, 2.45) is 0 Å². The first-order chi connectivity index (χ1) is 7.25. The van der Waals surface area contributed by atoms with Crippen LogP contribution in [0, 0.1) is 0 Å². The van der Waals surface area contributed by atoms with E-state index in [1.807, 2.05) is 18.2 Å². The van der Waals surface area contributed by atoms with Gasteiger partial charge in [-0.25, -0.2) is 0 Å². The van der Waals surface area contributed by atoms with E-state index in [4.69, 9.17) is 5.11 Å². The molecule has 1 fully saturated rings. The Labute approximate surface area is 92.9 Å². The quantitative estimate of drug-likeness (QED) is 0.817. The summed E-state index contributed by atoms with van der Waals surface area (Å²) in [5, 5.41) is 12.2. The molecule has 1 heterocycles. The van der Waals surface area contributed by atoms with Gasteiger partial charge in [0.1, 0.15) is 6.04 Å². The van der Waals surface area contributed by atoms with Crippen molar-refractivity contribution in [3.05, 3.63) is 30.3 Å². The van der Waals surface area contributed by atoms with Crippen LogP contribution in [0.15, 0.2) is 35.2 Å². The van der Waals surface area contributed by atoms with Crippen molar-refractivity contribution in [1.29, 1.82) is 0 Å². The van der Waals surface area contributed by atoms with E-state index in [0.29, 0.717) is 11.7 Å². The Kier molecular flexibility index (Phi) is 3.28. The van der Waals surface area contributed by atoms with Gasteiger partial charge in [0.2, 0.25) is 0 Å². The van der Waals surface area contributed by atoms with Crippen molar-refractivity contribution in [1.82, 2.24) is 5.32 Å². The van der Waals surface area contributed by atoms with Crippen molar-refractivity contribution in [2.75, 3.05) is 6.54 Å². The van der Waals surface area contributed by atoms with Crippen LogP contribution >= 0.6 is 11.8 Å². The Hall–Kier alpha value is -1.00. The summed E-state index contributed by atoms with van der Waals surface area (Å²) in [6, 6.07) is 9.72. The molecular formula is C11H13NO2S. The van der Waals surface area contributed by atoms with E-state index < -0.39 is 5.97 Å². The largest absolute Gasteiger partial charge is 0.480 e. The van der Waals surface area contributed by atoms with E-state index in [1.54, 1.807) is 11.8 Å². The highest BCUT2D eigenvalue weighted by Crippen LogP contribution is 2.28.